The molecule has 1 aromatic carbocycles. The number of benzene rings is 1. The first kappa shape index (κ1) is 17.8. The van der Waals surface area contributed by atoms with Gasteiger partial charge < -0.3 is 15.5 Å². The smallest absolute Gasteiger partial charge is 0.221 e. The van der Waals surface area contributed by atoms with Crippen LogP contribution in [0.3, 0.4) is 0 Å². The van der Waals surface area contributed by atoms with Crippen molar-refractivity contribution >= 4 is 23.2 Å². The average molecular weight is 312 g/mol. The Morgan fingerprint density at radius 3 is 2.57 bits per heavy atom. The summed E-state index contributed by atoms with van der Waals surface area (Å²) >= 11 is 6.21. The highest BCUT2D eigenvalue weighted by atomic mass is 35.5. The summed E-state index contributed by atoms with van der Waals surface area (Å²) in [5, 5.41) is 6.88. The maximum Gasteiger partial charge on any atom is 0.221 e. The van der Waals surface area contributed by atoms with Crippen molar-refractivity contribution in [3.63, 3.8) is 0 Å². The Balaban J connectivity index is 2.29. The zero-order chi connectivity index (χ0) is 15.8. The Hall–Kier alpha value is -1.26. The Labute approximate surface area is 132 Å². The maximum absolute atomic E-state index is 11.7. The molecule has 0 saturated carbocycles. The van der Waals surface area contributed by atoms with E-state index in [2.05, 4.69) is 21.6 Å². The second kappa shape index (κ2) is 8.90. The van der Waals surface area contributed by atoms with Crippen LogP contribution in [-0.2, 0) is 4.79 Å². The van der Waals surface area contributed by atoms with Crippen LogP contribution in [0.2, 0.25) is 5.02 Å². The molecular formula is C16H26ClN3O. The third kappa shape index (κ3) is 6.82. The first-order valence-electron chi connectivity index (χ1n) is 7.32. The van der Waals surface area contributed by atoms with Crippen LogP contribution < -0.4 is 10.6 Å². The molecule has 0 saturated heterocycles. The predicted molar refractivity (Wildman–Crippen MR) is 90.2 cm³/mol. The minimum Gasteiger partial charge on any atom is -0.383 e. The van der Waals surface area contributed by atoms with Gasteiger partial charge in [0.05, 0.1) is 10.7 Å². The highest BCUT2D eigenvalue weighted by Gasteiger charge is 2.06. The molecule has 1 rings (SSSR count). The van der Waals surface area contributed by atoms with Gasteiger partial charge in [-0.25, -0.2) is 0 Å². The van der Waals surface area contributed by atoms with Gasteiger partial charge in [-0.3, -0.25) is 4.79 Å². The Morgan fingerprint density at radius 1 is 1.24 bits per heavy atom. The lowest BCUT2D eigenvalue weighted by Gasteiger charge is -2.13. The van der Waals surface area contributed by atoms with Crippen LogP contribution in [0.4, 0.5) is 5.69 Å². The Kier molecular flexibility index (Phi) is 7.54. The largest absolute Gasteiger partial charge is 0.383 e. The van der Waals surface area contributed by atoms with Crippen molar-refractivity contribution in [2.24, 2.45) is 0 Å². The van der Waals surface area contributed by atoms with Crippen LogP contribution in [0.5, 0.6) is 0 Å². The molecule has 21 heavy (non-hydrogen) atoms. The lowest BCUT2D eigenvalue weighted by atomic mass is 10.1. The number of anilines is 1. The first-order chi connectivity index (χ1) is 9.90. The molecule has 0 aliphatic carbocycles. The summed E-state index contributed by atoms with van der Waals surface area (Å²) in [6, 6.07) is 4.01. The fraction of sp³-hybridized carbons (Fsp3) is 0.562. The second-order valence-electron chi connectivity index (χ2n) is 5.62. The molecule has 4 nitrogen and oxygen atoms in total. The Morgan fingerprint density at radius 2 is 1.95 bits per heavy atom. The molecule has 2 N–H and O–H groups in total. The second-order valence-corrected chi connectivity index (χ2v) is 6.03. The van der Waals surface area contributed by atoms with Crippen molar-refractivity contribution in [3.05, 3.63) is 28.3 Å². The van der Waals surface area contributed by atoms with Crippen molar-refractivity contribution in [2.45, 2.75) is 26.7 Å². The van der Waals surface area contributed by atoms with E-state index in [9.17, 15) is 4.79 Å². The first-order valence-corrected chi connectivity index (χ1v) is 7.70. The van der Waals surface area contributed by atoms with Gasteiger partial charge >= 0.3 is 0 Å². The molecule has 0 atom stereocenters. The number of hydrogen-bond donors (Lipinski definition) is 2. The molecular weight excluding hydrogens is 286 g/mol. The van der Waals surface area contributed by atoms with Crippen LogP contribution in [-0.4, -0.2) is 44.5 Å². The predicted octanol–water partition coefficient (Wildman–Crippen LogP) is 2.83. The van der Waals surface area contributed by atoms with Gasteiger partial charge in [-0.05, 0) is 58.1 Å². The van der Waals surface area contributed by atoms with E-state index in [0.717, 1.165) is 36.3 Å². The number of rotatable bonds is 8. The van der Waals surface area contributed by atoms with E-state index in [-0.39, 0.29) is 5.91 Å². The summed E-state index contributed by atoms with van der Waals surface area (Å²) in [4.78, 5) is 13.8. The van der Waals surface area contributed by atoms with Crippen LogP contribution in [0.1, 0.15) is 24.0 Å². The van der Waals surface area contributed by atoms with E-state index < -0.39 is 0 Å². The normalized spacial score (nSPS) is 10.8. The van der Waals surface area contributed by atoms with Crippen molar-refractivity contribution in [2.75, 3.05) is 39.0 Å². The zero-order valence-corrected chi connectivity index (χ0v) is 14.2. The monoisotopic (exact) mass is 311 g/mol. The highest BCUT2D eigenvalue weighted by Crippen LogP contribution is 2.27. The highest BCUT2D eigenvalue weighted by molar-refractivity contribution is 6.33. The molecule has 0 radical (unpaired) electrons. The molecule has 0 aliphatic heterocycles. The lowest BCUT2D eigenvalue weighted by Crippen LogP contribution is -2.28. The fourth-order valence-corrected chi connectivity index (χ4v) is 2.54. The SMILES string of the molecule is Cc1cc(C)c(NCCC(=O)NCCCN(C)C)c(Cl)c1. The fourth-order valence-electron chi connectivity index (χ4n) is 2.15. The molecule has 0 spiro atoms. The Bertz CT molecular complexity index is 452. The minimum absolute atomic E-state index is 0.0714. The maximum atomic E-state index is 11.7. The molecule has 0 unspecified atom stereocenters. The third-order valence-corrected chi connectivity index (χ3v) is 3.49. The van der Waals surface area contributed by atoms with Gasteiger partial charge in [0.2, 0.25) is 5.91 Å². The number of halogens is 1. The number of aryl methyl sites for hydroxylation is 2. The quantitative estimate of drug-likeness (QED) is 0.726. The van der Waals surface area contributed by atoms with Gasteiger partial charge in [-0.15, -0.1) is 0 Å². The molecule has 1 amide bonds. The number of carbonyl (C=O) groups is 1. The summed E-state index contributed by atoms with van der Waals surface area (Å²) in [5.74, 6) is 0.0714. The number of nitrogens with one attached hydrogen (secondary N) is 2. The number of hydrogen-bond acceptors (Lipinski definition) is 3. The van der Waals surface area contributed by atoms with Crippen LogP contribution >= 0.6 is 11.6 Å². The van der Waals surface area contributed by atoms with E-state index in [1.165, 1.54) is 0 Å². The van der Waals surface area contributed by atoms with E-state index in [1.54, 1.807) is 0 Å². The molecule has 1 aromatic rings. The molecule has 0 fully saturated rings. The molecule has 5 heteroatoms. The van der Waals surface area contributed by atoms with Gasteiger partial charge in [0.25, 0.3) is 0 Å². The van der Waals surface area contributed by atoms with Gasteiger partial charge in [0, 0.05) is 19.5 Å². The van der Waals surface area contributed by atoms with Gasteiger partial charge in [-0.2, -0.15) is 0 Å². The molecule has 118 valence electrons. The standard InChI is InChI=1S/C16H26ClN3O/c1-12-10-13(2)16(14(17)11-12)19-8-6-15(21)18-7-5-9-20(3)4/h10-11,19H,5-9H2,1-4H3,(H,18,21). The van der Waals surface area contributed by atoms with E-state index in [1.807, 2.05) is 34.0 Å². The van der Waals surface area contributed by atoms with Crippen molar-refractivity contribution in [1.29, 1.82) is 0 Å². The van der Waals surface area contributed by atoms with Gasteiger partial charge in [-0.1, -0.05) is 17.7 Å². The minimum atomic E-state index is 0.0714. The van der Waals surface area contributed by atoms with Gasteiger partial charge in [0.15, 0.2) is 0 Å². The number of amides is 1. The van der Waals surface area contributed by atoms with Crippen molar-refractivity contribution in [1.82, 2.24) is 10.2 Å². The lowest BCUT2D eigenvalue weighted by molar-refractivity contribution is -0.120. The van der Waals surface area contributed by atoms with Crippen LogP contribution in [0.15, 0.2) is 12.1 Å². The van der Waals surface area contributed by atoms with E-state index >= 15 is 0 Å². The third-order valence-electron chi connectivity index (χ3n) is 3.19. The molecule has 0 aliphatic rings. The number of nitrogens with zero attached hydrogens (tertiary/aromatic N) is 1. The van der Waals surface area contributed by atoms with Crippen LogP contribution in [0.25, 0.3) is 0 Å². The molecule has 0 aromatic heterocycles. The topological polar surface area (TPSA) is 44.4 Å². The van der Waals surface area contributed by atoms with Crippen molar-refractivity contribution in [3.8, 4) is 0 Å². The summed E-state index contributed by atoms with van der Waals surface area (Å²) in [7, 11) is 4.05. The number of carbonyl (C=O) groups excluding carboxylic acids is 1. The summed E-state index contributed by atoms with van der Waals surface area (Å²) in [6.45, 7) is 6.33. The zero-order valence-electron chi connectivity index (χ0n) is 13.4. The van der Waals surface area contributed by atoms with E-state index in [4.69, 9.17) is 11.6 Å². The summed E-state index contributed by atoms with van der Waals surface area (Å²) in [6.07, 6.45) is 1.42. The van der Waals surface area contributed by atoms with E-state index in [0.29, 0.717) is 18.0 Å². The van der Waals surface area contributed by atoms with Gasteiger partial charge in [0.1, 0.15) is 0 Å². The summed E-state index contributed by atoms with van der Waals surface area (Å²) in [5.41, 5.74) is 3.16. The molecule has 0 heterocycles. The molecule has 0 bridgehead atoms. The van der Waals surface area contributed by atoms with Crippen molar-refractivity contribution < 1.29 is 4.79 Å². The van der Waals surface area contributed by atoms with Crippen LogP contribution in [0, 0.1) is 13.8 Å². The average Bonchev–Trinajstić information content (AvgIpc) is 2.37. The summed E-state index contributed by atoms with van der Waals surface area (Å²) < 4.78 is 0.